The third-order valence-corrected chi connectivity index (χ3v) is 5.41. The van der Waals surface area contributed by atoms with Crippen LogP contribution < -0.4 is 4.90 Å². The second kappa shape index (κ2) is 6.28. The lowest BCUT2D eigenvalue weighted by Gasteiger charge is -2.40. The van der Waals surface area contributed by atoms with Gasteiger partial charge >= 0.3 is 0 Å². The molecule has 0 aromatic heterocycles. The highest BCUT2D eigenvalue weighted by Gasteiger charge is 2.54. The second-order valence-electron chi connectivity index (χ2n) is 7.26. The molecule has 2 unspecified atom stereocenters. The first-order chi connectivity index (χ1) is 12.1. The standard InChI is InChI=1S/C21H24N2O2/c1-16-8-7-13-22(14-16)21(25)18-11-5-6-12-19(18)23(20(21)24)15-17-9-3-2-4-10-17/h2-6,9-12,16,25H,7-8,13-15H2,1H3. The number of anilines is 1. The van der Waals surface area contributed by atoms with Crippen molar-refractivity contribution in [2.24, 2.45) is 5.92 Å². The third-order valence-electron chi connectivity index (χ3n) is 5.41. The highest BCUT2D eigenvalue weighted by atomic mass is 16.3. The number of nitrogens with zero attached hydrogens (tertiary/aromatic N) is 2. The van der Waals surface area contributed by atoms with Crippen molar-refractivity contribution in [1.29, 1.82) is 0 Å². The predicted octanol–water partition coefficient (Wildman–Crippen LogP) is 3.11. The molecular formula is C21H24N2O2. The van der Waals surface area contributed by atoms with Crippen molar-refractivity contribution in [2.45, 2.75) is 32.0 Å². The zero-order valence-electron chi connectivity index (χ0n) is 14.6. The van der Waals surface area contributed by atoms with Crippen LogP contribution in [-0.2, 0) is 17.1 Å². The van der Waals surface area contributed by atoms with Crippen molar-refractivity contribution >= 4 is 11.6 Å². The maximum Gasteiger partial charge on any atom is 0.279 e. The number of aliphatic hydroxyl groups is 1. The van der Waals surface area contributed by atoms with Gasteiger partial charge in [-0.25, -0.2) is 0 Å². The molecule has 2 heterocycles. The fourth-order valence-electron chi connectivity index (χ4n) is 4.13. The Balaban J connectivity index is 1.73. The summed E-state index contributed by atoms with van der Waals surface area (Å²) in [6, 6.07) is 17.6. The predicted molar refractivity (Wildman–Crippen MR) is 97.9 cm³/mol. The van der Waals surface area contributed by atoms with Crippen LogP contribution in [0.4, 0.5) is 5.69 Å². The van der Waals surface area contributed by atoms with E-state index in [0.717, 1.165) is 37.2 Å². The summed E-state index contributed by atoms with van der Waals surface area (Å²) < 4.78 is 0. The molecule has 2 aliphatic rings. The first-order valence-electron chi connectivity index (χ1n) is 9.03. The molecule has 4 rings (SSSR count). The fourth-order valence-corrected chi connectivity index (χ4v) is 4.13. The van der Waals surface area contributed by atoms with Gasteiger partial charge in [0.1, 0.15) is 0 Å². The second-order valence-corrected chi connectivity index (χ2v) is 7.26. The molecule has 25 heavy (non-hydrogen) atoms. The fraction of sp³-hybridized carbons (Fsp3) is 0.381. The molecule has 1 fully saturated rings. The summed E-state index contributed by atoms with van der Waals surface area (Å²) >= 11 is 0. The van der Waals surface area contributed by atoms with Crippen LogP contribution in [0.3, 0.4) is 0 Å². The number of benzene rings is 2. The molecule has 0 saturated carbocycles. The van der Waals surface area contributed by atoms with Crippen LogP contribution in [0.2, 0.25) is 0 Å². The summed E-state index contributed by atoms with van der Waals surface area (Å²) in [5.41, 5.74) is 1.05. The van der Waals surface area contributed by atoms with Gasteiger partial charge in [-0.2, -0.15) is 0 Å². The number of para-hydroxylation sites is 1. The minimum absolute atomic E-state index is 0.230. The van der Waals surface area contributed by atoms with Gasteiger partial charge in [0.05, 0.1) is 12.2 Å². The topological polar surface area (TPSA) is 43.8 Å². The molecule has 0 bridgehead atoms. The molecule has 2 aromatic carbocycles. The van der Waals surface area contributed by atoms with Gasteiger partial charge in [0.15, 0.2) is 0 Å². The zero-order valence-corrected chi connectivity index (χ0v) is 14.6. The van der Waals surface area contributed by atoms with Crippen LogP contribution in [0.25, 0.3) is 0 Å². The first kappa shape index (κ1) is 16.3. The lowest BCUT2D eigenvalue weighted by atomic mass is 9.94. The van der Waals surface area contributed by atoms with E-state index in [1.165, 1.54) is 0 Å². The zero-order chi connectivity index (χ0) is 17.4. The molecule has 4 nitrogen and oxygen atoms in total. The monoisotopic (exact) mass is 336 g/mol. The van der Waals surface area contributed by atoms with Gasteiger partial charge in [-0.1, -0.05) is 55.5 Å². The highest BCUT2D eigenvalue weighted by Crippen LogP contribution is 2.44. The van der Waals surface area contributed by atoms with Crippen molar-refractivity contribution in [3.63, 3.8) is 0 Å². The number of fused-ring (bicyclic) bond motifs is 1. The molecule has 2 atom stereocenters. The van der Waals surface area contributed by atoms with Crippen LogP contribution in [0, 0.1) is 5.92 Å². The van der Waals surface area contributed by atoms with Crippen molar-refractivity contribution in [1.82, 2.24) is 4.90 Å². The van der Waals surface area contributed by atoms with Gasteiger partial charge in [-0.3, -0.25) is 9.69 Å². The number of rotatable bonds is 3. The number of likely N-dealkylation sites (tertiary alicyclic amines) is 1. The van der Waals surface area contributed by atoms with Gasteiger partial charge in [-0.05, 0) is 30.4 Å². The summed E-state index contributed by atoms with van der Waals surface area (Å²) in [5, 5.41) is 11.5. The number of hydrogen-bond donors (Lipinski definition) is 1. The summed E-state index contributed by atoms with van der Waals surface area (Å²) in [4.78, 5) is 17.0. The van der Waals surface area contributed by atoms with Crippen molar-refractivity contribution in [2.75, 3.05) is 18.0 Å². The van der Waals surface area contributed by atoms with E-state index >= 15 is 0 Å². The van der Waals surface area contributed by atoms with E-state index in [9.17, 15) is 9.90 Å². The lowest BCUT2D eigenvalue weighted by Crippen LogP contribution is -2.55. The van der Waals surface area contributed by atoms with Crippen LogP contribution in [-0.4, -0.2) is 29.0 Å². The van der Waals surface area contributed by atoms with E-state index in [1.807, 2.05) is 59.5 Å². The highest BCUT2D eigenvalue weighted by molar-refractivity contribution is 6.06. The Morgan fingerprint density at radius 3 is 2.60 bits per heavy atom. The number of amides is 1. The summed E-state index contributed by atoms with van der Waals surface area (Å²) in [5.74, 6) is 0.257. The molecule has 1 amide bonds. The molecule has 0 spiro atoms. The summed E-state index contributed by atoms with van der Waals surface area (Å²) in [6.45, 7) is 4.15. The SMILES string of the molecule is CC1CCCN(C2(O)C(=O)N(Cc3ccccc3)c3ccccc32)C1. The van der Waals surface area contributed by atoms with E-state index in [1.54, 1.807) is 4.90 Å². The van der Waals surface area contributed by atoms with Crippen LogP contribution in [0.5, 0.6) is 0 Å². The molecule has 1 saturated heterocycles. The molecule has 0 aliphatic carbocycles. The Bertz CT molecular complexity index is 776. The molecule has 130 valence electrons. The average Bonchev–Trinajstić information content (AvgIpc) is 2.86. The quantitative estimate of drug-likeness (QED) is 0.937. The maximum absolute atomic E-state index is 13.3. The average molecular weight is 336 g/mol. The van der Waals surface area contributed by atoms with Gasteiger partial charge in [0.2, 0.25) is 5.72 Å². The Kier molecular flexibility index (Phi) is 4.10. The van der Waals surface area contributed by atoms with Gasteiger partial charge in [0.25, 0.3) is 5.91 Å². The summed E-state index contributed by atoms with van der Waals surface area (Å²) in [6.07, 6.45) is 2.16. The van der Waals surface area contributed by atoms with Gasteiger partial charge in [0, 0.05) is 18.7 Å². The normalized spacial score (nSPS) is 26.7. The molecule has 2 aromatic rings. The van der Waals surface area contributed by atoms with Crippen LogP contribution >= 0.6 is 0 Å². The number of piperidine rings is 1. The Hall–Kier alpha value is -2.17. The first-order valence-corrected chi connectivity index (χ1v) is 9.03. The smallest absolute Gasteiger partial charge is 0.279 e. The molecule has 2 aliphatic heterocycles. The van der Waals surface area contributed by atoms with Crippen LogP contribution in [0.1, 0.15) is 30.9 Å². The molecular weight excluding hydrogens is 312 g/mol. The maximum atomic E-state index is 13.3. The number of hydrogen-bond acceptors (Lipinski definition) is 3. The largest absolute Gasteiger partial charge is 0.364 e. The minimum atomic E-state index is -1.54. The van der Waals surface area contributed by atoms with E-state index in [0.29, 0.717) is 18.0 Å². The van der Waals surface area contributed by atoms with E-state index in [2.05, 4.69) is 6.92 Å². The van der Waals surface area contributed by atoms with E-state index in [4.69, 9.17) is 0 Å². The summed E-state index contributed by atoms with van der Waals surface area (Å²) in [7, 11) is 0. The van der Waals surface area contributed by atoms with Gasteiger partial charge < -0.3 is 10.0 Å². The van der Waals surface area contributed by atoms with Crippen LogP contribution in [0.15, 0.2) is 54.6 Å². The number of carbonyl (C=O) groups excluding carboxylic acids is 1. The van der Waals surface area contributed by atoms with Crippen molar-refractivity contribution < 1.29 is 9.90 Å². The van der Waals surface area contributed by atoms with Crippen molar-refractivity contribution in [3.8, 4) is 0 Å². The van der Waals surface area contributed by atoms with E-state index < -0.39 is 5.72 Å². The molecule has 0 radical (unpaired) electrons. The minimum Gasteiger partial charge on any atom is -0.364 e. The van der Waals surface area contributed by atoms with Crippen molar-refractivity contribution in [3.05, 3.63) is 65.7 Å². The molecule has 1 N–H and O–H groups in total. The number of carbonyl (C=O) groups is 1. The van der Waals surface area contributed by atoms with Gasteiger partial charge in [-0.15, -0.1) is 0 Å². The molecule has 4 heteroatoms. The Morgan fingerprint density at radius 1 is 1.12 bits per heavy atom. The lowest BCUT2D eigenvalue weighted by molar-refractivity contribution is -0.165. The third kappa shape index (κ3) is 2.66. The Labute approximate surface area is 148 Å². The van der Waals surface area contributed by atoms with E-state index in [-0.39, 0.29) is 5.91 Å². The Morgan fingerprint density at radius 2 is 1.84 bits per heavy atom.